The van der Waals surface area contributed by atoms with Gasteiger partial charge in [0.1, 0.15) is 0 Å². The number of nitrogens with zero attached hydrogens (tertiary/aromatic N) is 4. The van der Waals surface area contributed by atoms with Crippen LogP contribution in [0.4, 0.5) is 0 Å². The van der Waals surface area contributed by atoms with Crippen LogP contribution in [0.2, 0.25) is 5.02 Å². The van der Waals surface area contributed by atoms with Gasteiger partial charge in [0.15, 0.2) is 5.16 Å². The number of thioether (sulfide) groups is 1. The molecular weight excluding hydrogens is 424 g/mol. The number of benzene rings is 2. The van der Waals surface area contributed by atoms with Crippen molar-refractivity contribution >= 4 is 34.3 Å². The standard InChI is InChI=1S/C21H19ClN4O3S/c1-13-5-3-4-6-15(13)19-24-18(29-25-19)12-30-21-23-17-11-14(22)7-8-16(17)20(27)26(21)9-10-28-2/h3-8,11H,9-10,12H2,1-2H3. The van der Waals surface area contributed by atoms with Gasteiger partial charge in [0.25, 0.3) is 5.56 Å². The van der Waals surface area contributed by atoms with E-state index in [0.717, 1.165) is 11.1 Å². The lowest BCUT2D eigenvalue weighted by Gasteiger charge is -2.12. The molecule has 0 spiro atoms. The van der Waals surface area contributed by atoms with Crippen LogP contribution in [0.1, 0.15) is 11.5 Å². The summed E-state index contributed by atoms with van der Waals surface area (Å²) in [5.41, 5.74) is 2.41. The molecule has 0 N–H and O–H groups in total. The van der Waals surface area contributed by atoms with Gasteiger partial charge >= 0.3 is 0 Å². The van der Waals surface area contributed by atoms with Crippen molar-refractivity contribution in [2.24, 2.45) is 0 Å². The lowest BCUT2D eigenvalue weighted by atomic mass is 10.1. The third-order valence-corrected chi connectivity index (χ3v) is 5.78. The van der Waals surface area contributed by atoms with Crippen LogP contribution in [-0.4, -0.2) is 33.4 Å². The van der Waals surface area contributed by atoms with Crippen LogP contribution in [0, 0.1) is 6.92 Å². The molecule has 0 radical (unpaired) electrons. The molecule has 0 amide bonds. The minimum Gasteiger partial charge on any atom is -0.383 e. The molecule has 0 saturated carbocycles. The molecular formula is C21H19ClN4O3S. The van der Waals surface area contributed by atoms with Crippen molar-refractivity contribution in [3.8, 4) is 11.4 Å². The maximum absolute atomic E-state index is 13.0. The fourth-order valence-electron chi connectivity index (χ4n) is 3.04. The predicted octanol–water partition coefficient (Wildman–Crippen LogP) is 4.35. The van der Waals surface area contributed by atoms with Crippen LogP contribution >= 0.6 is 23.4 Å². The first-order chi connectivity index (χ1) is 14.6. The van der Waals surface area contributed by atoms with Crippen LogP contribution in [0.15, 0.2) is 56.9 Å². The molecule has 2 aromatic heterocycles. The molecule has 0 unspecified atom stereocenters. The van der Waals surface area contributed by atoms with Crippen molar-refractivity contribution in [1.82, 2.24) is 19.7 Å². The minimum absolute atomic E-state index is 0.137. The van der Waals surface area contributed by atoms with E-state index in [2.05, 4.69) is 15.1 Å². The first kappa shape index (κ1) is 20.6. The molecule has 0 aliphatic carbocycles. The molecule has 2 heterocycles. The molecule has 4 aromatic rings. The van der Waals surface area contributed by atoms with Gasteiger partial charge in [-0.2, -0.15) is 4.98 Å². The Labute approximate surface area is 182 Å². The van der Waals surface area contributed by atoms with Gasteiger partial charge in [-0.15, -0.1) is 0 Å². The zero-order valence-electron chi connectivity index (χ0n) is 16.5. The molecule has 0 aliphatic rings. The topological polar surface area (TPSA) is 83.0 Å². The summed E-state index contributed by atoms with van der Waals surface area (Å²) in [6.07, 6.45) is 0. The summed E-state index contributed by atoms with van der Waals surface area (Å²) < 4.78 is 12.2. The number of rotatable bonds is 7. The van der Waals surface area contributed by atoms with E-state index in [1.165, 1.54) is 11.8 Å². The average molecular weight is 443 g/mol. The van der Waals surface area contributed by atoms with E-state index in [0.29, 0.717) is 51.7 Å². The Morgan fingerprint density at radius 2 is 2.03 bits per heavy atom. The Morgan fingerprint density at radius 3 is 2.83 bits per heavy atom. The molecule has 0 fully saturated rings. The number of hydrogen-bond acceptors (Lipinski definition) is 7. The summed E-state index contributed by atoms with van der Waals surface area (Å²) in [7, 11) is 1.59. The summed E-state index contributed by atoms with van der Waals surface area (Å²) >= 11 is 7.44. The highest BCUT2D eigenvalue weighted by atomic mass is 35.5. The normalized spacial score (nSPS) is 11.3. The number of halogens is 1. The third-order valence-electron chi connectivity index (χ3n) is 4.58. The zero-order valence-corrected chi connectivity index (χ0v) is 18.0. The predicted molar refractivity (Wildman–Crippen MR) is 117 cm³/mol. The lowest BCUT2D eigenvalue weighted by molar-refractivity contribution is 0.183. The molecule has 30 heavy (non-hydrogen) atoms. The Balaban J connectivity index is 1.63. The van der Waals surface area contributed by atoms with Crippen molar-refractivity contribution in [3.05, 3.63) is 69.3 Å². The molecule has 7 nitrogen and oxygen atoms in total. The second-order valence-corrected chi connectivity index (χ2v) is 8.00. The smallest absolute Gasteiger partial charge is 0.262 e. The molecule has 2 aromatic carbocycles. The van der Waals surface area contributed by atoms with Crippen LogP contribution in [0.25, 0.3) is 22.3 Å². The van der Waals surface area contributed by atoms with E-state index in [1.807, 2.05) is 31.2 Å². The van der Waals surface area contributed by atoms with Crippen LogP contribution < -0.4 is 5.56 Å². The van der Waals surface area contributed by atoms with E-state index in [9.17, 15) is 4.79 Å². The van der Waals surface area contributed by atoms with Crippen molar-refractivity contribution in [2.75, 3.05) is 13.7 Å². The van der Waals surface area contributed by atoms with Gasteiger partial charge in [0, 0.05) is 17.7 Å². The number of aryl methyl sites for hydroxylation is 1. The van der Waals surface area contributed by atoms with Gasteiger partial charge in [0.2, 0.25) is 11.7 Å². The Kier molecular flexibility index (Phi) is 6.17. The SMILES string of the molecule is COCCn1c(SCc2nc(-c3ccccc3C)no2)nc2cc(Cl)ccc2c1=O. The summed E-state index contributed by atoms with van der Waals surface area (Å²) in [5, 5.41) is 5.67. The van der Waals surface area contributed by atoms with E-state index < -0.39 is 0 Å². The van der Waals surface area contributed by atoms with Gasteiger partial charge in [0.05, 0.1) is 29.8 Å². The quantitative estimate of drug-likeness (QED) is 0.311. The third kappa shape index (κ3) is 4.26. The highest BCUT2D eigenvalue weighted by Gasteiger charge is 2.15. The van der Waals surface area contributed by atoms with Gasteiger partial charge in [-0.05, 0) is 30.7 Å². The van der Waals surface area contributed by atoms with E-state index in [-0.39, 0.29) is 5.56 Å². The molecule has 0 aliphatic heterocycles. The number of fused-ring (bicyclic) bond motifs is 1. The van der Waals surface area contributed by atoms with E-state index >= 15 is 0 Å². The first-order valence-corrected chi connectivity index (χ1v) is 10.6. The Morgan fingerprint density at radius 1 is 1.20 bits per heavy atom. The summed E-state index contributed by atoms with van der Waals surface area (Å²) in [5.74, 6) is 1.38. The largest absolute Gasteiger partial charge is 0.383 e. The summed E-state index contributed by atoms with van der Waals surface area (Å²) in [6.45, 7) is 2.78. The van der Waals surface area contributed by atoms with Crippen molar-refractivity contribution in [1.29, 1.82) is 0 Å². The second-order valence-electron chi connectivity index (χ2n) is 6.62. The van der Waals surface area contributed by atoms with Gasteiger partial charge < -0.3 is 9.26 Å². The maximum atomic E-state index is 13.0. The zero-order chi connectivity index (χ0) is 21.1. The van der Waals surface area contributed by atoms with Gasteiger partial charge in [-0.1, -0.05) is 52.8 Å². The van der Waals surface area contributed by atoms with Crippen molar-refractivity contribution in [2.45, 2.75) is 24.4 Å². The monoisotopic (exact) mass is 442 g/mol. The number of ether oxygens (including phenoxy) is 1. The number of aromatic nitrogens is 4. The first-order valence-electron chi connectivity index (χ1n) is 9.27. The Hall–Kier alpha value is -2.68. The average Bonchev–Trinajstić information content (AvgIpc) is 3.20. The molecule has 0 saturated heterocycles. The molecule has 0 bridgehead atoms. The highest BCUT2D eigenvalue weighted by molar-refractivity contribution is 7.98. The second kappa shape index (κ2) is 8.99. The fraction of sp³-hybridized carbons (Fsp3) is 0.238. The lowest BCUT2D eigenvalue weighted by Crippen LogP contribution is -2.25. The summed E-state index contributed by atoms with van der Waals surface area (Å²) in [6, 6.07) is 12.9. The molecule has 4 rings (SSSR count). The maximum Gasteiger partial charge on any atom is 0.262 e. The fourth-order valence-corrected chi connectivity index (χ4v) is 4.07. The molecule has 0 atom stereocenters. The number of methoxy groups -OCH3 is 1. The number of hydrogen-bond donors (Lipinski definition) is 0. The van der Waals surface area contributed by atoms with E-state index in [4.69, 9.17) is 20.9 Å². The van der Waals surface area contributed by atoms with Gasteiger partial charge in [-0.25, -0.2) is 4.98 Å². The van der Waals surface area contributed by atoms with Crippen LogP contribution in [0.3, 0.4) is 0 Å². The minimum atomic E-state index is -0.137. The van der Waals surface area contributed by atoms with Gasteiger partial charge in [-0.3, -0.25) is 9.36 Å². The van der Waals surface area contributed by atoms with Crippen LogP contribution in [-0.2, 0) is 17.0 Å². The summed E-state index contributed by atoms with van der Waals surface area (Å²) in [4.78, 5) is 22.1. The molecule has 154 valence electrons. The highest BCUT2D eigenvalue weighted by Crippen LogP contribution is 2.25. The van der Waals surface area contributed by atoms with Crippen molar-refractivity contribution in [3.63, 3.8) is 0 Å². The van der Waals surface area contributed by atoms with E-state index in [1.54, 1.807) is 29.9 Å². The Bertz CT molecular complexity index is 1250. The molecule has 9 heteroatoms. The van der Waals surface area contributed by atoms with Crippen LogP contribution in [0.5, 0.6) is 0 Å². The van der Waals surface area contributed by atoms with Crippen molar-refractivity contribution < 1.29 is 9.26 Å².